The highest BCUT2D eigenvalue weighted by molar-refractivity contribution is 5.82. The highest BCUT2D eigenvalue weighted by Gasteiger charge is 2.09. The van der Waals surface area contributed by atoms with Gasteiger partial charge in [-0.2, -0.15) is 0 Å². The van der Waals surface area contributed by atoms with Crippen molar-refractivity contribution in [2.75, 3.05) is 0 Å². The van der Waals surface area contributed by atoms with Crippen molar-refractivity contribution in [3.05, 3.63) is 65.7 Å². The van der Waals surface area contributed by atoms with Gasteiger partial charge in [-0.3, -0.25) is 4.40 Å². The van der Waals surface area contributed by atoms with Crippen molar-refractivity contribution in [3.63, 3.8) is 0 Å². The van der Waals surface area contributed by atoms with Crippen LogP contribution in [0.3, 0.4) is 0 Å². The lowest BCUT2D eigenvalue weighted by molar-refractivity contribution is 0.628. The number of benzene rings is 1. The van der Waals surface area contributed by atoms with Crippen molar-refractivity contribution in [2.24, 2.45) is 0 Å². The first-order valence-electron chi connectivity index (χ1n) is 7.14. The van der Waals surface area contributed by atoms with E-state index in [0.717, 1.165) is 39.2 Å². The normalized spacial score (nSPS) is 11.4. The molecule has 4 heteroatoms. The van der Waals surface area contributed by atoms with Crippen molar-refractivity contribution in [1.82, 2.24) is 14.4 Å². The summed E-state index contributed by atoms with van der Waals surface area (Å²) in [4.78, 5) is 9.31. The van der Waals surface area contributed by atoms with Crippen LogP contribution < -0.4 is 0 Å². The zero-order chi connectivity index (χ0) is 15.3. The van der Waals surface area contributed by atoms with Crippen LogP contribution in [0.5, 0.6) is 0 Å². The number of hydrogen-bond donors (Lipinski definition) is 0. The SMILES string of the molecule is Cc1cn2c(n1)c(C)cc1ccc(-c3ccc(F)cc3)nc12. The van der Waals surface area contributed by atoms with Gasteiger partial charge >= 0.3 is 0 Å². The Morgan fingerprint density at radius 2 is 1.68 bits per heavy atom. The molecule has 1 aromatic carbocycles. The van der Waals surface area contributed by atoms with Crippen LogP contribution in [0.4, 0.5) is 4.39 Å². The average molecular weight is 291 g/mol. The topological polar surface area (TPSA) is 30.2 Å². The monoisotopic (exact) mass is 291 g/mol. The van der Waals surface area contributed by atoms with E-state index in [1.54, 1.807) is 12.1 Å². The fraction of sp³-hybridized carbons (Fsp3) is 0.111. The maximum absolute atomic E-state index is 13.1. The molecule has 108 valence electrons. The number of aryl methyl sites for hydroxylation is 2. The van der Waals surface area contributed by atoms with Crippen molar-refractivity contribution in [3.8, 4) is 11.3 Å². The molecule has 0 aliphatic rings. The molecule has 0 radical (unpaired) electrons. The van der Waals surface area contributed by atoms with Crippen LogP contribution in [-0.2, 0) is 0 Å². The molecule has 0 fully saturated rings. The Morgan fingerprint density at radius 1 is 0.909 bits per heavy atom. The molecule has 3 nitrogen and oxygen atoms in total. The minimum Gasteiger partial charge on any atom is -0.283 e. The number of hydrogen-bond acceptors (Lipinski definition) is 2. The van der Waals surface area contributed by atoms with E-state index in [9.17, 15) is 4.39 Å². The number of fused-ring (bicyclic) bond motifs is 3. The molecule has 0 aliphatic carbocycles. The minimum atomic E-state index is -0.243. The van der Waals surface area contributed by atoms with Gasteiger partial charge in [-0.25, -0.2) is 14.4 Å². The molecule has 4 rings (SSSR count). The molecule has 0 spiro atoms. The van der Waals surface area contributed by atoms with E-state index in [-0.39, 0.29) is 5.82 Å². The summed E-state index contributed by atoms with van der Waals surface area (Å²) in [6.07, 6.45) is 1.99. The fourth-order valence-electron chi connectivity index (χ4n) is 2.78. The van der Waals surface area contributed by atoms with Crippen molar-refractivity contribution in [2.45, 2.75) is 13.8 Å². The van der Waals surface area contributed by atoms with Gasteiger partial charge in [-0.05, 0) is 61.9 Å². The van der Waals surface area contributed by atoms with E-state index in [4.69, 9.17) is 4.98 Å². The molecular formula is C18H14FN3. The van der Waals surface area contributed by atoms with Crippen molar-refractivity contribution in [1.29, 1.82) is 0 Å². The minimum absolute atomic E-state index is 0.243. The summed E-state index contributed by atoms with van der Waals surface area (Å²) in [6, 6.07) is 12.5. The molecule has 0 aliphatic heterocycles. The second-order valence-electron chi connectivity index (χ2n) is 5.52. The van der Waals surface area contributed by atoms with E-state index < -0.39 is 0 Å². The van der Waals surface area contributed by atoms with Crippen LogP contribution in [0, 0.1) is 19.7 Å². The lowest BCUT2D eigenvalue weighted by Crippen LogP contribution is -1.95. The van der Waals surface area contributed by atoms with E-state index >= 15 is 0 Å². The smallest absolute Gasteiger partial charge is 0.146 e. The standard InChI is InChI=1S/C18H14FN3/c1-11-9-14-5-8-16(13-3-6-15(19)7-4-13)21-18(14)22-10-12(2)20-17(11)22/h3-10H,1-2H3. The Balaban J connectivity index is 2.02. The zero-order valence-corrected chi connectivity index (χ0v) is 12.3. The third-order valence-corrected chi connectivity index (χ3v) is 3.82. The van der Waals surface area contributed by atoms with Gasteiger partial charge in [0.1, 0.15) is 17.1 Å². The molecule has 0 amide bonds. The predicted octanol–water partition coefficient (Wildman–Crippen LogP) is 4.31. The van der Waals surface area contributed by atoms with Crippen LogP contribution in [0.25, 0.3) is 27.9 Å². The molecule has 0 saturated heterocycles. The summed E-state index contributed by atoms with van der Waals surface area (Å²) in [5.74, 6) is -0.243. The van der Waals surface area contributed by atoms with Crippen LogP contribution in [-0.4, -0.2) is 14.4 Å². The van der Waals surface area contributed by atoms with Gasteiger partial charge in [-0.1, -0.05) is 0 Å². The molecule has 0 N–H and O–H groups in total. The Labute approximate surface area is 127 Å². The molecule has 4 aromatic rings. The largest absolute Gasteiger partial charge is 0.283 e. The summed E-state index contributed by atoms with van der Waals surface area (Å²) in [5, 5.41) is 1.06. The quantitative estimate of drug-likeness (QED) is 0.523. The first kappa shape index (κ1) is 13.0. The molecule has 0 saturated carbocycles. The average Bonchev–Trinajstić information content (AvgIpc) is 2.91. The van der Waals surface area contributed by atoms with Crippen molar-refractivity contribution >= 4 is 16.7 Å². The molecule has 3 heterocycles. The molecule has 0 bridgehead atoms. The van der Waals surface area contributed by atoms with Crippen LogP contribution in [0.2, 0.25) is 0 Å². The summed E-state index contributed by atoms with van der Waals surface area (Å²) in [6.45, 7) is 4.02. The number of rotatable bonds is 1. The summed E-state index contributed by atoms with van der Waals surface area (Å²) >= 11 is 0. The summed E-state index contributed by atoms with van der Waals surface area (Å²) < 4.78 is 15.1. The van der Waals surface area contributed by atoms with Gasteiger partial charge < -0.3 is 0 Å². The highest BCUT2D eigenvalue weighted by Crippen LogP contribution is 2.24. The van der Waals surface area contributed by atoms with Gasteiger partial charge in [0, 0.05) is 17.1 Å². The van der Waals surface area contributed by atoms with E-state index in [1.807, 2.05) is 29.7 Å². The zero-order valence-electron chi connectivity index (χ0n) is 12.3. The molecule has 22 heavy (non-hydrogen) atoms. The molecule has 0 atom stereocenters. The van der Waals surface area contributed by atoms with Gasteiger partial charge in [0.05, 0.1) is 11.4 Å². The maximum atomic E-state index is 13.1. The number of halogens is 1. The number of pyridine rings is 2. The van der Waals surface area contributed by atoms with Crippen LogP contribution in [0.15, 0.2) is 48.7 Å². The first-order chi connectivity index (χ1) is 10.6. The van der Waals surface area contributed by atoms with Gasteiger partial charge in [-0.15, -0.1) is 0 Å². The fourth-order valence-corrected chi connectivity index (χ4v) is 2.78. The van der Waals surface area contributed by atoms with Crippen molar-refractivity contribution < 1.29 is 4.39 Å². The highest BCUT2D eigenvalue weighted by atomic mass is 19.1. The molecule has 3 aromatic heterocycles. The van der Waals surface area contributed by atoms with E-state index in [0.29, 0.717) is 0 Å². The predicted molar refractivity (Wildman–Crippen MR) is 85.4 cm³/mol. The van der Waals surface area contributed by atoms with E-state index in [2.05, 4.69) is 18.0 Å². The lowest BCUT2D eigenvalue weighted by atomic mass is 10.1. The lowest BCUT2D eigenvalue weighted by Gasteiger charge is -2.07. The number of imidazole rings is 1. The number of nitrogens with zero attached hydrogens (tertiary/aromatic N) is 3. The van der Waals surface area contributed by atoms with Gasteiger partial charge in [0.2, 0.25) is 0 Å². The Bertz CT molecular complexity index is 1000. The molecule has 0 unspecified atom stereocenters. The van der Waals surface area contributed by atoms with Crippen LogP contribution >= 0.6 is 0 Å². The Kier molecular flexibility index (Phi) is 2.73. The Hall–Kier alpha value is -2.75. The molecular weight excluding hydrogens is 277 g/mol. The summed E-state index contributed by atoms with van der Waals surface area (Å²) in [5.41, 5.74) is 5.59. The summed E-state index contributed by atoms with van der Waals surface area (Å²) in [7, 11) is 0. The second-order valence-corrected chi connectivity index (χ2v) is 5.52. The second kappa shape index (κ2) is 4.63. The Morgan fingerprint density at radius 3 is 2.45 bits per heavy atom. The van der Waals surface area contributed by atoms with Gasteiger partial charge in [0.15, 0.2) is 0 Å². The maximum Gasteiger partial charge on any atom is 0.146 e. The van der Waals surface area contributed by atoms with Gasteiger partial charge in [0.25, 0.3) is 0 Å². The third-order valence-electron chi connectivity index (χ3n) is 3.82. The number of aromatic nitrogens is 3. The van der Waals surface area contributed by atoms with Crippen LogP contribution in [0.1, 0.15) is 11.3 Å². The third kappa shape index (κ3) is 1.96. The van der Waals surface area contributed by atoms with E-state index in [1.165, 1.54) is 12.1 Å². The first-order valence-corrected chi connectivity index (χ1v) is 7.14.